The molecule has 0 aromatic carbocycles. The summed E-state index contributed by atoms with van der Waals surface area (Å²) < 4.78 is 12.0. The Hall–Kier alpha value is -0.180. The highest BCUT2D eigenvalue weighted by atomic mass is 32.1. The molecule has 0 aromatic heterocycles. The van der Waals surface area contributed by atoms with Gasteiger partial charge in [0.25, 0.3) is 0 Å². The molecule has 0 heterocycles. The van der Waals surface area contributed by atoms with Crippen molar-refractivity contribution >= 4 is 17.2 Å². The summed E-state index contributed by atoms with van der Waals surface area (Å²) in [5.41, 5.74) is 4.90. The summed E-state index contributed by atoms with van der Waals surface area (Å²) >= 11 is 4.32. The molecular formula is C4H8FNS. The van der Waals surface area contributed by atoms with E-state index in [1.54, 1.807) is 6.92 Å². The Morgan fingerprint density at radius 2 is 2.43 bits per heavy atom. The van der Waals surface area contributed by atoms with Crippen LogP contribution in [0.5, 0.6) is 0 Å². The molecule has 2 N–H and O–H groups in total. The first kappa shape index (κ1) is 6.82. The fourth-order valence-electron chi connectivity index (χ4n) is 0.201. The third-order valence-corrected chi connectivity index (χ3v) is 0.923. The number of nitrogens with two attached hydrogens (primary N) is 1. The van der Waals surface area contributed by atoms with Gasteiger partial charge in [-0.05, 0) is 6.42 Å². The average molecular weight is 121 g/mol. The minimum Gasteiger partial charge on any atom is -0.391 e. The van der Waals surface area contributed by atoms with E-state index in [0.29, 0.717) is 6.42 Å². The Morgan fingerprint density at radius 3 is 2.43 bits per heavy atom. The molecule has 0 saturated carbocycles. The molecule has 1 atom stereocenters. The van der Waals surface area contributed by atoms with Crippen LogP contribution in [0.4, 0.5) is 4.39 Å². The monoisotopic (exact) mass is 121 g/mol. The lowest BCUT2D eigenvalue weighted by Crippen LogP contribution is -2.20. The zero-order valence-corrected chi connectivity index (χ0v) is 4.96. The van der Waals surface area contributed by atoms with Crippen LogP contribution in [0, 0.1) is 0 Å². The van der Waals surface area contributed by atoms with Crippen LogP contribution in [-0.4, -0.2) is 11.2 Å². The van der Waals surface area contributed by atoms with Crippen LogP contribution in [0.1, 0.15) is 13.3 Å². The van der Waals surface area contributed by atoms with E-state index in [9.17, 15) is 4.39 Å². The lowest BCUT2D eigenvalue weighted by molar-refractivity contribution is 0.416. The van der Waals surface area contributed by atoms with E-state index >= 15 is 0 Å². The standard InChI is InChI=1S/C4H8FNS/c1-2-3(5)4(6)7/h3H,2H2,1H3,(H2,6,7). The number of rotatable bonds is 2. The largest absolute Gasteiger partial charge is 0.391 e. The maximum absolute atomic E-state index is 12.0. The summed E-state index contributed by atoms with van der Waals surface area (Å²) in [6, 6.07) is 0. The zero-order valence-electron chi connectivity index (χ0n) is 4.15. The molecule has 0 saturated heterocycles. The lowest BCUT2D eigenvalue weighted by Gasteiger charge is -1.97. The molecule has 0 rings (SSSR count). The second-order valence-corrected chi connectivity index (χ2v) is 1.75. The van der Waals surface area contributed by atoms with Crippen molar-refractivity contribution in [1.29, 1.82) is 0 Å². The second kappa shape index (κ2) is 2.91. The van der Waals surface area contributed by atoms with Crippen LogP contribution in [-0.2, 0) is 0 Å². The summed E-state index contributed by atoms with van der Waals surface area (Å²) in [5, 5.41) is 0. The molecule has 0 aliphatic heterocycles. The van der Waals surface area contributed by atoms with E-state index in [0.717, 1.165) is 0 Å². The molecule has 0 aliphatic rings. The van der Waals surface area contributed by atoms with Gasteiger partial charge in [-0.2, -0.15) is 0 Å². The van der Waals surface area contributed by atoms with Crippen LogP contribution in [0.3, 0.4) is 0 Å². The molecule has 7 heavy (non-hydrogen) atoms. The SMILES string of the molecule is CCC(F)C(N)=S. The van der Waals surface area contributed by atoms with Crippen molar-refractivity contribution in [3.05, 3.63) is 0 Å². The van der Waals surface area contributed by atoms with Crippen molar-refractivity contribution in [3.8, 4) is 0 Å². The first-order valence-corrected chi connectivity index (χ1v) is 2.52. The first-order chi connectivity index (χ1) is 3.18. The Morgan fingerprint density at radius 1 is 2.00 bits per heavy atom. The van der Waals surface area contributed by atoms with Crippen LogP contribution in [0.2, 0.25) is 0 Å². The molecule has 0 fully saturated rings. The van der Waals surface area contributed by atoms with E-state index < -0.39 is 6.17 Å². The number of alkyl halides is 1. The third-order valence-electron chi connectivity index (χ3n) is 0.667. The fourth-order valence-corrected chi connectivity index (χ4v) is 0.368. The molecule has 1 nitrogen and oxygen atoms in total. The number of hydrogen-bond acceptors (Lipinski definition) is 1. The van der Waals surface area contributed by atoms with Crippen LogP contribution in [0.25, 0.3) is 0 Å². The molecule has 3 heteroatoms. The smallest absolute Gasteiger partial charge is 0.149 e. The Balaban J connectivity index is 3.34. The van der Waals surface area contributed by atoms with Crippen LogP contribution in [0.15, 0.2) is 0 Å². The van der Waals surface area contributed by atoms with E-state index in [1.807, 2.05) is 0 Å². The third kappa shape index (κ3) is 2.51. The predicted octanol–water partition coefficient (Wildman–Crippen LogP) is 1.02. The summed E-state index contributed by atoms with van der Waals surface area (Å²) in [7, 11) is 0. The summed E-state index contributed by atoms with van der Waals surface area (Å²) in [4.78, 5) is -0.0394. The molecule has 0 aliphatic carbocycles. The van der Waals surface area contributed by atoms with Crippen molar-refractivity contribution in [2.45, 2.75) is 19.5 Å². The van der Waals surface area contributed by atoms with Crippen LogP contribution < -0.4 is 5.73 Å². The number of thiocarbonyl (C=S) groups is 1. The topological polar surface area (TPSA) is 26.0 Å². The van der Waals surface area contributed by atoms with Gasteiger partial charge in [-0.1, -0.05) is 19.1 Å². The summed E-state index contributed by atoms with van der Waals surface area (Å²) in [6.45, 7) is 1.70. The highest BCUT2D eigenvalue weighted by Gasteiger charge is 2.03. The first-order valence-electron chi connectivity index (χ1n) is 2.12. The molecule has 1 unspecified atom stereocenters. The maximum Gasteiger partial charge on any atom is 0.149 e. The van der Waals surface area contributed by atoms with Crippen molar-refractivity contribution in [2.75, 3.05) is 0 Å². The zero-order chi connectivity index (χ0) is 5.86. The van der Waals surface area contributed by atoms with Gasteiger partial charge in [0, 0.05) is 0 Å². The van der Waals surface area contributed by atoms with Crippen molar-refractivity contribution in [3.63, 3.8) is 0 Å². The molecule has 42 valence electrons. The normalized spacial score (nSPS) is 13.4. The molecule has 0 spiro atoms. The number of halogens is 1. The van der Waals surface area contributed by atoms with Gasteiger partial charge in [-0.25, -0.2) is 4.39 Å². The van der Waals surface area contributed by atoms with E-state index in [4.69, 9.17) is 5.73 Å². The van der Waals surface area contributed by atoms with Crippen LogP contribution >= 0.6 is 12.2 Å². The van der Waals surface area contributed by atoms with Gasteiger partial charge < -0.3 is 5.73 Å². The Bertz CT molecular complexity index is 74.1. The molecule has 0 radical (unpaired) electrons. The van der Waals surface area contributed by atoms with Gasteiger partial charge in [0.1, 0.15) is 11.2 Å². The summed E-state index contributed by atoms with van der Waals surface area (Å²) in [5.74, 6) is 0. The van der Waals surface area contributed by atoms with Gasteiger partial charge in [-0.3, -0.25) is 0 Å². The number of hydrogen-bond donors (Lipinski definition) is 1. The molecular weight excluding hydrogens is 113 g/mol. The average Bonchev–Trinajstić information content (AvgIpc) is 1.65. The summed E-state index contributed by atoms with van der Waals surface area (Å²) in [6.07, 6.45) is -0.704. The Labute approximate surface area is 47.7 Å². The van der Waals surface area contributed by atoms with Gasteiger partial charge in [0.15, 0.2) is 0 Å². The Kier molecular flexibility index (Phi) is 2.83. The van der Waals surface area contributed by atoms with E-state index in [2.05, 4.69) is 12.2 Å². The maximum atomic E-state index is 12.0. The second-order valence-electron chi connectivity index (χ2n) is 1.28. The molecule has 0 bridgehead atoms. The fraction of sp³-hybridized carbons (Fsp3) is 0.750. The van der Waals surface area contributed by atoms with Crippen molar-refractivity contribution in [1.82, 2.24) is 0 Å². The quantitative estimate of drug-likeness (QED) is 0.552. The predicted molar refractivity (Wildman–Crippen MR) is 32.0 cm³/mol. The van der Waals surface area contributed by atoms with Gasteiger partial charge in [-0.15, -0.1) is 0 Å². The van der Waals surface area contributed by atoms with E-state index in [1.165, 1.54) is 0 Å². The molecule has 0 amide bonds. The van der Waals surface area contributed by atoms with Crippen molar-refractivity contribution < 1.29 is 4.39 Å². The van der Waals surface area contributed by atoms with E-state index in [-0.39, 0.29) is 4.99 Å². The lowest BCUT2D eigenvalue weighted by atomic mass is 10.3. The minimum atomic E-state index is -1.09. The van der Waals surface area contributed by atoms with Gasteiger partial charge in [0.2, 0.25) is 0 Å². The van der Waals surface area contributed by atoms with Gasteiger partial charge >= 0.3 is 0 Å². The highest BCUT2D eigenvalue weighted by molar-refractivity contribution is 7.80. The highest BCUT2D eigenvalue weighted by Crippen LogP contribution is 1.94. The molecule has 0 aromatic rings. The van der Waals surface area contributed by atoms with Crippen molar-refractivity contribution in [2.24, 2.45) is 5.73 Å². The minimum absolute atomic E-state index is 0.0394. The van der Waals surface area contributed by atoms with Gasteiger partial charge in [0.05, 0.1) is 0 Å².